The summed E-state index contributed by atoms with van der Waals surface area (Å²) in [5.41, 5.74) is 9.98. The maximum atomic E-state index is 4.60. The zero-order valence-corrected chi connectivity index (χ0v) is 17.6. The SMILES string of the molecule is Cc1nc(Nc2ncc(/C=C/c3cccc4c3CNN4)s2)cc(N2CCNCC2)n1. The van der Waals surface area contributed by atoms with Crippen LogP contribution in [0.1, 0.15) is 21.8 Å². The van der Waals surface area contributed by atoms with Crippen LogP contribution in [0.2, 0.25) is 0 Å². The molecule has 2 aliphatic heterocycles. The van der Waals surface area contributed by atoms with Crippen LogP contribution in [0.25, 0.3) is 12.2 Å². The number of hydrogen-bond acceptors (Lipinski definition) is 9. The first-order chi connectivity index (χ1) is 14.7. The monoisotopic (exact) mass is 420 g/mol. The van der Waals surface area contributed by atoms with Crippen molar-refractivity contribution in [3.05, 3.63) is 52.3 Å². The number of aryl methyl sites for hydroxylation is 1. The topological polar surface area (TPSA) is 90.0 Å². The lowest BCUT2D eigenvalue weighted by Gasteiger charge is -2.28. The van der Waals surface area contributed by atoms with Crippen LogP contribution in [0.5, 0.6) is 0 Å². The highest BCUT2D eigenvalue weighted by molar-refractivity contribution is 7.16. The van der Waals surface area contributed by atoms with Gasteiger partial charge in [0.1, 0.15) is 17.5 Å². The van der Waals surface area contributed by atoms with Gasteiger partial charge in [-0.2, -0.15) is 0 Å². The average Bonchev–Trinajstić information content (AvgIpc) is 3.42. The Labute approximate surface area is 179 Å². The fraction of sp³-hybridized carbons (Fsp3) is 0.286. The number of hydrazine groups is 1. The summed E-state index contributed by atoms with van der Waals surface area (Å²) in [7, 11) is 0. The molecule has 0 bridgehead atoms. The van der Waals surface area contributed by atoms with Crippen molar-refractivity contribution in [1.82, 2.24) is 25.7 Å². The maximum Gasteiger partial charge on any atom is 0.188 e. The molecule has 0 unspecified atom stereocenters. The van der Waals surface area contributed by atoms with Gasteiger partial charge in [-0.15, -0.1) is 0 Å². The summed E-state index contributed by atoms with van der Waals surface area (Å²) in [6.07, 6.45) is 6.13. The Balaban J connectivity index is 1.30. The highest BCUT2D eigenvalue weighted by atomic mass is 32.1. The van der Waals surface area contributed by atoms with Crippen molar-refractivity contribution in [2.45, 2.75) is 13.5 Å². The molecule has 0 amide bonds. The van der Waals surface area contributed by atoms with Gasteiger partial charge in [0.15, 0.2) is 5.13 Å². The van der Waals surface area contributed by atoms with Gasteiger partial charge in [-0.05, 0) is 30.2 Å². The van der Waals surface area contributed by atoms with Gasteiger partial charge >= 0.3 is 0 Å². The van der Waals surface area contributed by atoms with E-state index in [2.05, 4.69) is 71.7 Å². The van der Waals surface area contributed by atoms with Crippen LogP contribution >= 0.6 is 11.3 Å². The van der Waals surface area contributed by atoms with Crippen LogP contribution in [0.15, 0.2) is 30.5 Å². The van der Waals surface area contributed by atoms with Crippen molar-refractivity contribution in [3.8, 4) is 0 Å². The first-order valence-electron chi connectivity index (χ1n) is 10.1. The largest absolute Gasteiger partial charge is 0.354 e. The predicted octanol–water partition coefficient (Wildman–Crippen LogP) is 3.00. The van der Waals surface area contributed by atoms with E-state index in [-0.39, 0.29) is 0 Å². The normalized spacial score (nSPS) is 16.0. The number of thiazole rings is 1. The third-order valence-electron chi connectivity index (χ3n) is 5.15. The number of rotatable bonds is 5. The van der Waals surface area contributed by atoms with Crippen LogP contribution < -0.4 is 26.4 Å². The number of hydrogen-bond donors (Lipinski definition) is 4. The van der Waals surface area contributed by atoms with E-state index in [0.29, 0.717) is 0 Å². The highest BCUT2D eigenvalue weighted by Gasteiger charge is 2.14. The maximum absolute atomic E-state index is 4.60. The van der Waals surface area contributed by atoms with Crippen molar-refractivity contribution in [3.63, 3.8) is 0 Å². The van der Waals surface area contributed by atoms with Crippen molar-refractivity contribution in [1.29, 1.82) is 0 Å². The van der Waals surface area contributed by atoms with Crippen LogP contribution in [0, 0.1) is 6.92 Å². The van der Waals surface area contributed by atoms with Gasteiger partial charge in [0, 0.05) is 49.9 Å². The minimum atomic E-state index is 0.755. The van der Waals surface area contributed by atoms with Gasteiger partial charge in [-0.25, -0.2) is 20.4 Å². The predicted molar refractivity (Wildman–Crippen MR) is 123 cm³/mol. The van der Waals surface area contributed by atoms with Gasteiger partial charge in [0.2, 0.25) is 0 Å². The molecule has 2 aliphatic rings. The number of nitrogens with zero attached hydrogens (tertiary/aromatic N) is 4. The number of piperazine rings is 1. The van der Waals surface area contributed by atoms with Gasteiger partial charge < -0.3 is 21.0 Å². The van der Waals surface area contributed by atoms with E-state index in [1.165, 1.54) is 11.1 Å². The van der Waals surface area contributed by atoms with Crippen molar-refractivity contribution < 1.29 is 0 Å². The van der Waals surface area contributed by atoms with E-state index in [0.717, 1.165) is 65.9 Å². The standard InChI is InChI=1S/C21H24N8S/c1-14-25-19(11-20(26-14)29-9-7-22-8-10-29)27-21-23-12-16(30-21)6-5-15-3-2-4-18-17(15)13-24-28-18/h2-6,11-12,22,24,28H,7-10,13H2,1H3,(H,23,25,26,27)/b6-5+. The number of benzene rings is 1. The third kappa shape index (κ3) is 4.13. The van der Waals surface area contributed by atoms with Crippen LogP contribution in [-0.2, 0) is 6.54 Å². The van der Waals surface area contributed by atoms with E-state index in [4.69, 9.17) is 0 Å². The molecule has 0 atom stereocenters. The van der Waals surface area contributed by atoms with Crippen molar-refractivity contribution >= 4 is 45.9 Å². The quantitative estimate of drug-likeness (QED) is 0.501. The van der Waals surface area contributed by atoms with E-state index < -0.39 is 0 Å². The molecule has 0 spiro atoms. The Morgan fingerprint density at radius 1 is 1.17 bits per heavy atom. The fourth-order valence-corrected chi connectivity index (χ4v) is 4.40. The fourth-order valence-electron chi connectivity index (χ4n) is 3.68. The molecular formula is C21H24N8S. The first-order valence-corrected chi connectivity index (χ1v) is 10.9. The highest BCUT2D eigenvalue weighted by Crippen LogP contribution is 2.28. The second-order valence-electron chi connectivity index (χ2n) is 7.27. The second kappa shape index (κ2) is 8.39. The number of aromatic nitrogens is 3. The minimum absolute atomic E-state index is 0.755. The summed E-state index contributed by atoms with van der Waals surface area (Å²) in [5.74, 6) is 2.49. The average molecular weight is 421 g/mol. The van der Waals surface area contributed by atoms with Gasteiger partial charge in [0.05, 0.1) is 5.69 Å². The molecule has 1 saturated heterocycles. The molecule has 8 nitrogen and oxygen atoms in total. The molecular weight excluding hydrogens is 396 g/mol. The molecule has 3 aromatic rings. The van der Waals surface area contributed by atoms with Gasteiger partial charge in [0.25, 0.3) is 0 Å². The molecule has 154 valence electrons. The lowest BCUT2D eigenvalue weighted by atomic mass is 10.1. The van der Waals surface area contributed by atoms with Crippen LogP contribution in [-0.4, -0.2) is 41.1 Å². The summed E-state index contributed by atoms with van der Waals surface area (Å²) in [4.78, 5) is 17.0. The van der Waals surface area contributed by atoms with Crippen molar-refractivity contribution in [2.75, 3.05) is 41.8 Å². The van der Waals surface area contributed by atoms with E-state index in [1.807, 2.05) is 19.2 Å². The van der Waals surface area contributed by atoms with Crippen LogP contribution in [0.3, 0.4) is 0 Å². The third-order valence-corrected chi connectivity index (χ3v) is 6.03. The molecule has 9 heteroatoms. The molecule has 4 heterocycles. The minimum Gasteiger partial charge on any atom is -0.354 e. The molecule has 0 radical (unpaired) electrons. The zero-order valence-electron chi connectivity index (χ0n) is 16.8. The lowest BCUT2D eigenvalue weighted by molar-refractivity contribution is 0.584. The Bertz CT molecular complexity index is 1070. The smallest absolute Gasteiger partial charge is 0.188 e. The Morgan fingerprint density at radius 2 is 2.07 bits per heavy atom. The molecule has 30 heavy (non-hydrogen) atoms. The molecule has 0 aliphatic carbocycles. The van der Waals surface area contributed by atoms with Crippen LogP contribution in [0.4, 0.5) is 22.5 Å². The molecule has 1 aromatic carbocycles. The molecule has 0 saturated carbocycles. The number of fused-ring (bicyclic) bond motifs is 1. The first kappa shape index (κ1) is 19.0. The molecule has 1 fully saturated rings. The Kier molecular flexibility index (Phi) is 5.31. The van der Waals surface area contributed by atoms with E-state index in [1.54, 1.807) is 11.3 Å². The van der Waals surface area contributed by atoms with Crippen molar-refractivity contribution in [2.24, 2.45) is 0 Å². The van der Waals surface area contributed by atoms with Gasteiger partial charge in [-0.3, -0.25) is 0 Å². The van der Waals surface area contributed by atoms with E-state index in [9.17, 15) is 0 Å². The summed E-state index contributed by atoms with van der Waals surface area (Å²) in [6.45, 7) is 6.62. The number of nitrogens with one attached hydrogen (secondary N) is 4. The Hall–Kier alpha value is -3.01. The summed E-state index contributed by atoms with van der Waals surface area (Å²) in [5, 5.41) is 7.54. The summed E-state index contributed by atoms with van der Waals surface area (Å²) < 4.78 is 0. The summed E-state index contributed by atoms with van der Waals surface area (Å²) in [6, 6.07) is 8.28. The second-order valence-corrected chi connectivity index (χ2v) is 8.34. The zero-order chi connectivity index (χ0) is 20.3. The number of anilines is 4. The molecule has 2 aromatic heterocycles. The lowest BCUT2D eigenvalue weighted by Crippen LogP contribution is -2.44. The van der Waals surface area contributed by atoms with E-state index >= 15 is 0 Å². The molecule has 5 rings (SSSR count). The molecule has 4 N–H and O–H groups in total. The Morgan fingerprint density at radius 3 is 2.97 bits per heavy atom. The summed E-state index contributed by atoms with van der Waals surface area (Å²) >= 11 is 1.60. The van der Waals surface area contributed by atoms with Gasteiger partial charge in [-0.1, -0.05) is 29.5 Å².